The van der Waals surface area contributed by atoms with Crippen molar-refractivity contribution in [1.82, 2.24) is 0 Å². The van der Waals surface area contributed by atoms with E-state index in [2.05, 4.69) is 10.7 Å². The van der Waals surface area contributed by atoms with Gasteiger partial charge in [0.2, 0.25) is 0 Å². The molecule has 0 bridgehead atoms. The Labute approximate surface area is 35.9 Å². The molecule has 0 radical (unpaired) electrons. The normalized spacial score (nSPS) is 26.0. The fourth-order valence-electron chi connectivity index (χ4n) is 0.0264. The summed E-state index contributed by atoms with van der Waals surface area (Å²) in [6.45, 7) is -5.92. The van der Waals surface area contributed by atoms with Crippen molar-refractivity contribution < 1.29 is 15.4 Å². The van der Waals surface area contributed by atoms with Crippen LogP contribution in [0.2, 0.25) is 0 Å². The van der Waals surface area contributed by atoms with E-state index in [1.54, 1.807) is 0 Å². The number of hydrogen-bond donors (Lipinski definition) is 2. The maximum Gasteiger partial charge on any atom is 0.0910 e. The highest BCUT2D eigenvalue weighted by molar-refractivity contribution is 4.11. The average molecular weight is 81.1 g/mol. The van der Waals surface area contributed by atoms with Crippen LogP contribution in [0, 0.1) is 0 Å². The molecule has 0 unspecified atom stereocenters. The van der Waals surface area contributed by atoms with Crippen molar-refractivity contribution in [2.45, 2.75) is 0 Å². The lowest BCUT2D eigenvalue weighted by Crippen LogP contribution is -2.03. The van der Waals surface area contributed by atoms with E-state index < -0.39 is 13.1 Å². The monoisotopic (exact) mass is 81.1 g/mol. The molecule has 0 saturated heterocycles. The zero-order chi connectivity index (χ0) is 7.71. The second kappa shape index (κ2) is 3.88. The van der Waals surface area contributed by atoms with Gasteiger partial charge >= 0.3 is 0 Å². The second-order valence-electron chi connectivity index (χ2n) is 0.332. The fraction of sp³-hybridized carbons (Fsp3) is 1.00. The first-order chi connectivity index (χ1) is 3.81. The highest BCUT2D eigenvalue weighted by Crippen LogP contribution is 1.51. The maximum absolute atomic E-state index is 8.30. The largest absolute Gasteiger partial charge is 0.394 e. The molecule has 0 aromatic carbocycles. The fourth-order valence-corrected chi connectivity index (χ4v) is 0.0264. The second-order valence-corrected chi connectivity index (χ2v) is 0.332. The Balaban J connectivity index is 4.14. The van der Waals surface area contributed by atoms with Crippen molar-refractivity contribution >= 4 is 0 Å². The molecule has 5 heavy (non-hydrogen) atoms. The van der Waals surface area contributed by atoms with Crippen molar-refractivity contribution in [2.24, 2.45) is 5.90 Å². The van der Waals surface area contributed by atoms with Gasteiger partial charge in [-0.3, -0.25) is 0 Å². The SMILES string of the molecule is [2H]C([2H])(O)C([2H])([2H])ON. The van der Waals surface area contributed by atoms with Gasteiger partial charge < -0.3 is 9.94 Å². The minimum atomic E-state index is -3.07. The van der Waals surface area contributed by atoms with Gasteiger partial charge in [0.25, 0.3) is 0 Å². The van der Waals surface area contributed by atoms with Gasteiger partial charge in [-0.25, -0.2) is 5.90 Å². The molecule has 0 aliphatic rings. The van der Waals surface area contributed by atoms with Gasteiger partial charge in [0.05, 0.1) is 18.6 Å². The van der Waals surface area contributed by atoms with E-state index in [1.165, 1.54) is 0 Å². The summed E-state index contributed by atoms with van der Waals surface area (Å²) in [5.41, 5.74) is 0. The number of aliphatic hydroxyl groups is 1. The smallest absolute Gasteiger partial charge is 0.0910 e. The van der Waals surface area contributed by atoms with Gasteiger partial charge in [-0.2, -0.15) is 0 Å². The molecule has 0 fully saturated rings. The Bertz CT molecular complexity index is 99.2. The van der Waals surface area contributed by atoms with Crippen LogP contribution < -0.4 is 5.90 Å². The number of nitrogens with two attached hydrogens (primary N) is 1. The Morgan fingerprint density at radius 3 is 2.80 bits per heavy atom. The quantitative estimate of drug-likeness (QED) is 0.413. The first-order valence-corrected chi connectivity index (χ1v) is 0.913. The summed E-state index contributed by atoms with van der Waals surface area (Å²) in [7, 11) is 0. The highest BCUT2D eigenvalue weighted by Gasteiger charge is 1.68. The molecule has 3 heteroatoms. The molecule has 0 atom stereocenters. The zero-order valence-corrected chi connectivity index (χ0v) is 2.43. The molecule has 0 saturated carbocycles. The summed E-state index contributed by atoms with van der Waals surface area (Å²) >= 11 is 0. The van der Waals surface area contributed by atoms with Crippen LogP contribution in [0.3, 0.4) is 0 Å². The predicted molar refractivity (Wildman–Crippen MR) is 17.2 cm³/mol. The van der Waals surface area contributed by atoms with E-state index in [0.717, 1.165) is 0 Å². The van der Waals surface area contributed by atoms with Gasteiger partial charge in [-0.15, -0.1) is 0 Å². The molecule has 0 aromatic rings. The molecule has 0 heterocycles. The summed E-state index contributed by atoms with van der Waals surface area (Å²) in [4.78, 5) is 3.51. The lowest BCUT2D eigenvalue weighted by molar-refractivity contribution is 0.0938. The average Bonchev–Trinajstić information content (AvgIpc) is 1.64. The van der Waals surface area contributed by atoms with Crippen molar-refractivity contribution in [3.63, 3.8) is 0 Å². The first kappa shape index (κ1) is 1.18. The van der Waals surface area contributed by atoms with Crippen LogP contribution in [0.15, 0.2) is 0 Å². The maximum atomic E-state index is 8.30. The Morgan fingerprint density at radius 1 is 2.20 bits per heavy atom. The third-order valence-electron chi connectivity index (χ3n) is 0.105. The standard InChI is InChI=1S/C2H7NO2/c3-5-2-1-4/h4H,1-3H2/i1D2,2D2. The Morgan fingerprint density at radius 2 is 2.80 bits per heavy atom. The summed E-state index contributed by atoms with van der Waals surface area (Å²) in [6.07, 6.45) is 0. The van der Waals surface area contributed by atoms with E-state index in [-0.39, 0.29) is 0 Å². The molecule has 0 aromatic heterocycles. The molecule has 3 N–H and O–H groups in total. The third-order valence-corrected chi connectivity index (χ3v) is 0.105. The molecule has 0 aliphatic carbocycles. The van der Waals surface area contributed by atoms with Crippen LogP contribution in [-0.2, 0) is 4.84 Å². The molecule has 0 aliphatic heterocycles. The Kier molecular flexibility index (Phi) is 0.918. The summed E-state index contributed by atoms with van der Waals surface area (Å²) in [5, 5.41) is 8.30. The van der Waals surface area contributed by atoms with Crippen LogP contribution in [0.4, 0.5) is 0 Å². The van der Waals surface area contributed by atoms with E-state index in [1.807, 2.05) is 0 Å². The summed E-state index contributed by atoms with van der Waals surface area (Å²) < 4.78 is 25.8. The molecule has 0 amide bonds. The lowest BCUT2D eigenvalue weighted by atomic mass is 10.8. The highest BCUT2D eigenvalue weighted by atomic mass is 16.6. The predicted octanol–water partition coefficient (Wildman–Crippen LogP) is -1.13. The van der Waals surface area contributed by atoms with Crippen LogP contribution in [0.1, 0.15) is 5.48 Å². The molecule has 3 nitrogen and oxygen atoms in total. The topological polar surface area (TPSA) is 55.5 Å². The Hall–Kier alpha value is -0.120. The van der Waals surface area contributed by atoms with Crippen molar-refractivity contribution in [1.29, 1.82) is 0 Å². The van der Waals surface area contributed by atoms with Crippen LogP contribution in [0.25, 0.3) is 0 Å². The number of rotatable bonds is 2. The molecular weight excluding hydrogens is 70.0 g/mol. The number of hydrogen-bond acceptors (Lipinski definition) is 3. The van der Waals surface area contributed by atoms with Crippen LogP contribution in [0.5, 0.6) is 0 Å². The van der Waals surface area contributed by atoms with Gasteiger partial charge in [0, 0.05) is 0 Å². The van der Waals surface area contributed by atoms with Crippen molar-refractivity contribution in [2.75, 3.05) is 13.1 Å². The van der Waals surface area contributed by atoms with E-state index in [0.29, 0.717) is 0 Å². The summed E-state index contributed by atoms with van der Waals surface area (Å²) in [6, 6.07) is 0. The van der Waals surface area contributed by atoms with E-state index in [9.17, 15) is 0 Å². The van der Waals surface area contributed by atoms with E-state index >= 15 is 0 Å². The van der Waals surface area contributed by atoms with Gasteiger partial charge in [-0.05, 0) is 0 Å². The van der Waals surface area contributed by atoms with Crippen molar-refractivity contribution in [3.8, 4) is 0 Å². The van der Waals surface area contributed by atoms with Crippen LogP contribution >= 0.6 is 0 Å². The lowest BCUT2D eigenvalue weighted by Gasteiger charge is -1.83. The summed E-state index contributed by atoms with van der Waals surface area (Å²) in [5.74, 6) is 4.32. The minimum Gasteiger partial charge on any atom is -0.394 e. The minimum absolute atomic E-state index is 2.85. The van der Waals surface area contributed by atoms with Crippen LogP contribution in [-0.4, -0.2) is 18.2 Å². The third kappa shape index (κ3) is 3.88. The molecule has 0 spiro atoms. The first-order valence-electron chi connectivity index (χ1n) is 2.91. The van der Waals surface area contributed by atoms with E-state index in [4.69, 9.17) is 10.6 Å². The van der Waals surface area contributed by atoms with Gasteiger partial charge in [0.15, 0.2) is 0 Å². The molecule has 0 rings (SSSR count). The molecular formula is C2H7NO2. The zero-order valence-electron chi connectivity index (χ0n) is 6.43. The van der Waals surface area contributed by atoms with Gasteiger partial charge in [0.1, 0.15) is 0 Å². The van der Waals surface area contributed by atoms with Crippen molar-refractivity contribution in [3.05, 3.63) is 0 Å². The van der Waals surface area contributed by atoms with Gasteiger partial charge in [-0.1, -0.05) is 0 Å². The molecule has 32 valence electrons.